The second kappa shape index (κ2) is 4.66. The van der Waals surface area contributed by atoms with E-state index in [1.807, 2.05) is 20.8 Å². The third kappa shape index (κ3) is 2.61. The molecule has 3 N–H and O–H groups in total. The van der Waals surface area contributed by atoms with E-state index < -0.39 is 12.0 Å². The molecule has 0 heterocycles. The lowest BCUT2D eigenvalue weighted by Gasteiger charge is -2.29. The van der Waals surface area contributed by atoms with E-state index in [0.29, 0.717) is 5.56 Å². The summed E-state index contributed by atoms with van der Waals surface area (Å²) in [7, 11) is 0. The minimum absolute atomic E-state index is 0.172. The summed E-state index contributed by atoms with van der Waals surface area (Å²) < 4.78 is 0. The van der Waals surface area contributed by atoms with E-state index in [0.717, 1.165) is 12.0 Å². The average molecular weight is 221 g/mol. The zero-order valence-corrected chi connectivity index (χ0v) is 10.0. The van der Waals surface area contributed by atoms with Crippen molar-refractivity contribution in [1.29, 1.82) is 0 Å². The highest BCUT2D eigenvalue weighted by Crippen LogP contribution is 2.35. The second-order valence-electron chi connectivity index (χ2n) is 4.73. The highest BCUT2D eigenvalue weighted by atomic mass is 16.3. The molecule has 0 aliphatic rings. The van der Waals surface area contributed by atoms with Gasteiger partial charge in [0.15, 0.2) is 0 Å². The van der Waals surface area contributed by atoms with Gasteiger partial charge in [-0.1, -0.05) is 32.9 Å². The van der Waals surface area contributed by atoms with Gasteiger partial charge in [0, 0.05) is 5.56 Å². The van der Waals surface area contributed by atoms with Crippen molar-refractivity contribution in [2.24, 2.45) is 11.1 Å². The number of aliphatic hydroxyl groups excluding tert-OH is 1. The molecule has 1 amide bonds. The lowest BCUT2D eigenvalue weighted by molar-refractivity contribution is 0.0465. The summed E-state index contributed by atoms with van der Waals surface area (Å²) in [6.07, 6.45) is 0.352. The van der Waals surface area contributed by atoms with Crippen LogP contribution in [-0.4, -0.2) is 11.0 Å². The Bertz CT molecular complexity index is 368. The monoisotopic (exact) mass is 221 g/mol. The maximum Gasteiger partial charge on any atom is 0.248 e. The molecule has 88 valence electrons. The number of nitrogens with two attached hydrogens (primary N) is 1. The molecule has 0 aromatic heterocycles. The Morgan fingerprint density at radius 3 is 2.25 bits per heavy atom. The van der Waals surface area contributed by atoms with Gasteiger partial charge in [-0.3, -0.25) is 4.79 Å². The molecule has 0 aliphatic carbocycles. The predicted octanol–water partition coefficient (Wildman–Crippen LogP) is 2.26. The highest BCUT2D eigenvalue weighted by Gasteiger charge is 2.26. The second-order valence-corrected chi connectivity index (χ2v) is 4.73. The molecule has 0 spiro atoms. The summed E-state index contributed by atoms with van der Waals surface area (Å²) in [5.41, 5.74) is 6.26. The summed E-state index contributed by atoms with van der Waals surface area (Å²) in [6, 6.07) is 6.80. The van der Waals surface area contributed by atoms with E-state index in [-0.39, 0.29) is 5.41 Å². The van der Waals surface area contributed by atoms with Gasteiger partial charge in [0.25, 0.3) is 0 Å². The molecular weight excluding hydrogens is 202 g/mol. The molecule has 0 saturated heterocycles. The molecule has 1 unspecified atom stereocenters. The molecule has 0 saturated carbocycles. The van der Waals surface area contributed by atoms with Gasteiger partial charge in [0.2, 0.25) is 5.91 Å². The number of carbonyl (C=O) groups is 1. The SMILES string of the molecule is CCC(C)(C)C(O)c1ccc(C(N)=O)cc1. The van der Waals surface area contributed by atoms with E-state index in [2.05, 4.69) is 0 Å². The van der Waals surface area contributed by atoms with Gasteiger partial charge in [-0.05, 0) is 29.5 Å². The van der Waals surface area contributed by atoms with E-state index in [1.165, 1.54) is 0 Å². The molecule has 3 nitrogen and oxygen atoms in total. The van der Waals surface area contributed by atoms with E-state index in [9.17, 15) is 9.90 Å². The number of hydrogen-bond acceptors (Lipinski definition) is 2. The molecule has 0 fully saturated rings. The smallest absolute Gasteiger partial charge is 0.248 e. The van der Waals surface area contributed by atoms with Gasteiger partial charge in [0.1, 0.15) is 0 Å². The Balaban J connectivity index is 2.94. The summed E-state index contributed by atoms with van der Waals surface area (Å²) in [6.45, 7) is 6.07. The van der Waals surface area contributed by atoms with Crippen molar-refractivity contribution >= 4 is 5.91 Å². The van der Waals surface area contributed by atoms with Crippen molar-refractivity contribution in [3.8, 4) is 0 Å². The van der Waals surface area contributed by atoms with Crippen LogP contribution in [-0.2, 0) is 0 Å². The number of carbonyl (C=O) groups excluding carboxylic acids is 1. The number of primary amides is 1. The fourth-order valence-electron chi connectivity index (χ4n) is 1.47. The van der Waals surface area contributed by atoms with E-state index >= 15 is 0 Å². The maximum absolute atomic E-state index is 10.9. The molecule has 0 radical (unpaired) electrons. The zero-order chi connectivity index (χ0) is 12.3. The van der Waals surface area contributed by atoms with Crippen molar-refractivity contribution in [3.63, 3.8) is 0 Å². The summed E-state index contributed by atoms with van der Waals surface area (Å²) in [5, 5.41) is 10.2. The topological polar surface area (TPSA) is 63.3 Å². The van der Waals surface area contributed by atoms with Crippen LogP contribution in [0.3, 0.4) is 0 Å². The first kappa shape index (κ1) is 12.7. The Hall–Kier alpha value is -1.35. The average Bonchev–Trinajstić information content (AvgIpc) is 2.28. The number of aliphatic hydroxyl groups is 1. The normalized spacial score (nSPS) is 13.5. The molecule has 1 aromatic carbocycles. The number of amides is 1. The van der Waals surface area contributed by atoms with Crippen LogP contribution >= 0.6 is 0 Å². The van der Waals surface area contributed by atoms with Crippen molar-refractivity contribution < 1.29 is 9.90 Å². The fourth-order valence-corrected chi connectivity index (χ4v) is 1.47. The molecule has 16 heavy (non-hydrogen) atoms. The van der Waals surface area contributed by atoms with Crippen molar-refractivity contribution in [2.75, 3.05) is 0 Å². The van der Waals surface area contributed by atoms with Crippen LogP contribution in [0.25, 0.3) is 0 Å². The Labute approximate surface area is 96.3 Å². The first-order chi connectivity index (χ1) is 7.38. The molecule has 1 atom stereocenters. The van der Waals surface area contributed by atoms with E-state index in [4.69, 9.17) is 5.73 Å². The Morgan fingerprint density at radius 1 is 1.38 bits per heavy atom. The summed E-state index contributed by atoms with van der Waals surface area (Å²) in [4.78, 5) is 10.9. The van der Waals surface area contributed by atoms with Crippen LogP contribution in [0.1, 0.15) is 49.2 Å². The van der Waals surface area contributed by atoms with Gasteiger partial charge < -0.3 is 10.8 Å². The van der Waals surface area contributed by atoms with Crippen molar-refractivity contribution in [2.45, 2.75) is 33.3 Å². The van der Waals surface area contributed by atoms with Gasteiger partial charge >= 0.3 is 0 Å². The molecule has 1 rings (SSSR count). The quantitative estimate of drug-likeness (QED) is 0.819. The summed E-state index contributed by atoms with van der Waals surface area (Å²) >= 11 is 0. The summed E-state index contributed by atoms with van der Waals surface area (Å²) in [5.74, 6) is -0.448. The van der Waals surface area contributed by atoms with Crippen LogP contribution in [0.5, 0.6) is 0 Å². The predicted molar refractivity (Wildman–Crippen MR) is 64.0 cm³/mol. The number of rotatable bonds is 4. The minimum Gasteiger partial charge on any atom is -0.388 e. The molecule has 0 aliphatic heterocycles. The van der Waals surface area contributed by atoms with Crippen LogP contribution in [0.2, 0.25) is 0 Å². The minimum atomic E-state index is -0.528. The molecule has 3 heteroatoms. The van der Waals surface area contributed by atoms with Gasteiger partial charge in [-0.2, -0.15) is 0 Å². The Kier molecular flexibility index (Phi) is 3.70. The molecule has 1 aromatic rings. The fraction of sp³-hybridized carbons (Fsp3) is 0.462. The van der Waals surface area contributed by atoms with Crippen LogP contribution in [0, 0.1) is 5.41 Å². The van der Waals surface area contributed by atoms with Crippen molar-refractivity contribution in [1.82, 2.24) is 0 Å². The standard InChI is InChI=1S/C13H19NO2/c1-4-13(2,3)11(15)9-5-7-10(8-6-9)12(14)16/h5-8,11,15H,4H2,1-3H3,(H2,14,16). The molecular formula is C13H19NO2. The first-order valence-corrected chi connectivity index (χ1v) is 5.46. The zero-order valence-electron chi connectivity index (χ0n) is 10.0. The third-order valence-corrected chi connectivity index (χ3v) is 3.16. The number of hydrogen-bond donors (Lipinski definition) is 2. The van der Waals surface area contributed by atoms with Gasteiger partial charge in [-0.25, -0.2) is 0 Å². The van der Waals surface area contributed by atoms with Gasteiger partial charge in [0.05, 0.1) is 6.10 Å². The Morgan fingerprint density at radius 2 is 1.88 bits per heavy atom. The first-order valence-electron chi connectivity index (χ1n) is 5.46. The van der Waals surface area contributed by atoms with Crippen molar-refractivity contribution in [3.05, 3.63) is 35.4 Å². The van der Waals surface area contributed by atoms with Crippen LogP contribution < -0.4 is 5.73 Å². The number of benzene rings is 1. The third-order valence-electron chi connectivity index (χ3n) is 3.16. The highest BCUT2D eigenvalue weighted by molar-refractivity contribution is 5.92. The maximum atomic E-state index is 10.9. The molecule has 0 bridgehead atoms. The van der Waals surface area contributed by atoms with Crippen LogP contribution in [0.15, 0.2) is 24.3 Å². The van der Waals surface area contributed by atoms with Gasteiger partial charge in [-0.15, -0.1) is 0 Å². The van der Waals surface area contributed by atoms with E-state index in [1.54, 1.807) is 24.3 Å². The lowest BCUT2D eigenvalue weighted by Crippen LogP contribution is -2.21. The van der Waals surface area contributed by atoms with Crippen LogP contribution in [0.4, 0.5) is 0 Å². The lowest BCUT2D eigenvalue weighted by atomic mass is 9.80. The largest absolute Gasteiger partial charge is 0.388 e.